The van der Waals surface area contributed by atoms with Gasteiger partial charge in [0.2, 0.25) is 0 Å². The van der Waals surface area contributed by atoms with Crippen LogP contribution in [0.3, 0.4) is 0 Å². The molecule has 1 aliphatic rings. The molecule has 78 valence electrons. The SMILES string of the molecule is CCC(C)CN1CCC(O)C(C)C1. The second-order valence-corrected chi connectivity index (χ2v) is 4.61. The van der Waals surface area contributed by atoms with Crippen LogP contribution < -0.4 is 0 Å². The Bertz CT molecular complexity index is 147. The standard InChI is InChI=1S/C11H23NO/c1-4-9(2)7-12-6-5-11(13)10(3)8-12/h9-11,13H,4-8H2,1-3H3. The Hall–Kier alpha value is -0.0800. The topological polar surface area (TPSA) is 23.5 Å². The summed E-state index contributed by atoms with van der Waals surface area (Å²) in [4.78, 5) is 2.49. The molecule has 0 amide bonds. The van der Waals surface area contributed by atoms with Crippen LogP contribution in [0, 0.1) is 11.8 Å². The lowest BCUT2D eigenvalue weighted by Crippen LogP contribution is -2.43. The molecule has 1 N–H and O–H groups in total. The fourth-order valence-corrected chi connectivity index (χ4v) is 1.96. The molecule has 1 heterocycles. The molecular formula is C11H23NO. The molecule has 3 unspecified atom stereocenters. The first kappa shape index (κ1) is 11.0. The molecule has 0 saturated carbocycles. The van der Waals surface area contributed by atoms with Crippen molar-refractivity contribution in [3.63, 3.8) is 0 Å². The molecule has 2 nitrogen and oxygen atoms in total. The van der Waals surface area contributed by atoms with Crippen LogP contribution in [0.5, 0.6) is 0 Å². The van der Waals surface area contributed by atoms with Gasteiger partial charge in [-0.25, -0.2) is 0 Å². The molecule has 1 saturated heterocycles. The second kappa shape index (κ2) is 4.97. The molecule has 0 aliphatic carbocycles. The van der Waals surface area contributed by atoms with Crippen molar-refractivity contribution in [1.29, 1.82) is 0 Å². The summed E-state index contributed by atoms with van der Waals surface area (Å²) in [5, 5.41) is 9.56. The normalized spacial score (nSPS) is 33.2. The zero-order valence-electron chi connectivity index (χ0n) is 9.16. The van der Waals surface area contributed by atoms with Gasteiger partial charge in [0.05, 0.1) is 6.10 Å². The Labute approximate surface area is 81.9 Å². The fourth-order valence-electron chi connectivity index (χ4n) is 1.96. The van der Waals surface area contributed by atoms with Crippen molar-refractivity contribution >= 4 is 0 Å². The van der Waals surface area contributed by atoms with E-state index in [9.17, 15) is 5.11 Å². The van der Waals surface area contributed by atoms with Gasteiger partial charge in [-0.05, 0) is 18.3 Å². The zero-order chi connectivity index (χ0) is 9.84. The maximum atomic E-state index is 9.56. The molecule has 0 radical (unpaired) electrons. The summed E-state index contributed by atoms with van der Waals surface area (Å²) in [6, 6.07) is 0. The summed E-state index contributed by atoms with van der Waals surface area (Å²) in [5.74, 6) is 1.25. The van der Waals surface area contributed by atoms with Crippen LogP contribution in [-0.4, -0.2) is 35.7 Å². The summed E-state index contributed by atoms with van der Waals surface area (Å²) in [5.41, 5.74) is 0. The van der Waals surface area contributed by atoms with Gasteiger partial charge in [-0.3, -0.25) is 0 Å². The number of nitrogens with zero attached hydrogens (tertiary/aromatic N) is 1. The van der Waals surface area contributed by atoms with Crippen molar-refractivity contribution in [2.45, 2.75) is 39.7 Å². The predicted octanol–water partition coefficient (Wildman–Crippen LogP) is 1.74. The summed E-state index contributed by atoms with van der Waals surface area (Å²) >= 11 is 0. The highest BCUT2D eigenvalue weighted by molar-refractivity contribution is 4.77. The number of hydrogen-bond donors (Lipinski definition) is 1. The highest BCUT2D eigenvalue weighted by atomic mass is 16.3. The van der Waals surface area contributed by atoms with E-state index >= 15 is 0 Å². The smallest absolute Gasteiger partial charge is 0.0590 e. The zero-order valence-corrected chi connectivity index (χ0v) is 9.16. The summed E-state index contributed by atoms with van der Waals surface area (Å²) in [6.45, 7) is 10.0. The lowest BCUT2D eigenvalue weighted by atomic mass is 9.95. The van der Waals surface area contributed by atoms with E-state index in [1.165, 1.54) is 13.0 Å². The van der Waals surface area contributed by atoms with Crippen molar-refractivity contribution in [1.82, 2.24) is 4.90 Å². The maximum Gasteiger partial charge on any atom is 0.0590 e. The summed E-state index contributed by atoms with van der Waals surface area (Å²) in [7, 11) is 0. The van der Waals surface area contributed by atoms with Crippen LogP contribution in [0.1, 0.15) is 33.6 Å². The highest BCUT2D eigenvalue weighted by Gasteiger charge is 2.24. The van der Waals surface area contributed by atoms with Gasteiger partial charge >= 0.3 is 0 Å². The van der Waals surface area contributed by atoms with Gasteiger partial charge in [0.25, 0.3) is 0 Å². The number of rotatable bonds is 3. The van der Waals surface area contributed by atoms with E-state index in [0.29, 0.717) is 5.92 Å². The van der Waals surface area contributed by atoms with Gasteiger partial charge < -0.3 is 10.0 Å². The molecule has 0 aromatic heterocycles. The molecule has 0 aromatic rings. The first-order valence-electron chi connectivity index (χ1n) is 5.54. The Kier molecular flexibility index (Phi) is 4.20. The van der Waals surface area contributed by atoms with Crippen LogP contribution in [-0.2, 0) is 0 Å². The van der Waals surface area contributed by atoms with E-state index in [0.717, 1.165) is 25.4 Å². The number of hydrogen-bond acceptors (Lipinski definition) is 2. The Balaban J connectivity index is 2.29. The average molecular weight is 185 g/mol. The lowest BCUT2D eigenvalue weighted by Gasteiger charge is -2.35. The van der Waals surface area contributed by atoms with Crippen LogP contribution in [0.25, 0.3) is 0 Å². The van der Waals surface area contributed by atoms with Gasteiger partial charge in [0.15, 0.2) is 0 Å². The minimum atomic E-state index is -0.0619. The lowest BCUT2D eigenvalue weighted by molar-refractivity contribution is 0.0298. The van der Waals surface area contributed by atoms with E-state index in [1.54, 1.807) is 0 Å². The van der Waals surface area contributed by atoms with Gasteiger partial charge in [-0.1, -0.05) is 27.2 Å². The molecule has 13 heavy (non-hydrogen) atoms. The van der Waals surface area contributed by atoms with Gasteiger partial charge in [-0.2, -0.15) is 0 Å². The van der Waals surface area contributed by atoms with Crippen molar-refractivity contribution in [3.8, 4) is 0 Å². The van der Waals surface area contributed by atoms with E-state index in [4.69, 9.17) is 0 Å². The van der Waals surface area contributed by atoms with Gasteiger partial charge in [0, 0.05) is 19.6 Å². The molecule has 2 heteroatoms. The molecular weight excluding hydrogens is 162 g/mol. The van der Waals surface area contributed by atoms with E-state index < -0.39 is 0 Å². The molecule has 3 atom stereocenters. The molecule has 0 bridgehead atoms. The predicted molar refractivity (Wildman–Crippen MR) is 55.7 cm³/mol. The third-order valence-corrected chi connectivity index (χ3v) is 3.21. The Morgan fingerprint density at radius 3 is 2.77 bits per heavy atom. The Morgan fingerprint density at radius 2 is 2.23 bits per heavy atom. The van der Waals surface area contributed by atoms with Gasteiger partial charge in [-0.15, -0.1) is 0 Å². The summed E-state index contributed by atoms with van der Waals surface area (Å²) < 4.78 is 0. The first-order chi connectivity index (χ1) is 6.13. The Morgan fingerprint density at radius 1 is 1.54 bits per heavy atom. The second-order valence-electron chi connectivity index (χ2n) is 4.61. The molecule has 1 fully saturated rings. The van der Waals surface area contributed by atoms with Gasteiger partial charge in [0.1, 0.15) is 0 Å². The quantitative estimate of drug-likeness (QED) is 0.724. The van der Waals surface area contributed by atoms with E-state index in [2.05, 4.69) is 25.7 Å². The van der Waals surface area contributed by atoms with E-state index in [-0.39, 0.29) is 6.10 Å². The van der Waals surface area contributed by atoms with E-state index in [1.807, 2.05) is 0 Å². The minimum Gasteiger partial charge on any atom is -0.393 e. The average Bonchev–Trinajstić information content (AvgIpc) is 2.11. The van der Waals surface area contributed by atoms with Crippen LogP contribution in [0.2, 0.25) is 0 Å². The largest absolute Gasteiger partial charge is 0.393 e. The third-order valence-electron chi connectivity index (χ3n) is 3.21. The highest BCUT2D eigenvalue weighted by Crippen LogP contribution is 2.17. The number of aliphatic hydroxyl groups excluding tert-OH is 1. The number of aliphatic hydroxyl groups is 1. The minimum absolute atomic E-state index is 0.0619. The van der Waals surface area contributed by atoms with Crippen LogP contribution in [0.15, 0.2) is 0 Å². The molecule has 0 aromatic carbocycles. The molecule has 1 rings (SSSR count). The van der Waals surface area contributed by atoms with Crippen molar-refractivity contribution in [2.24, 2.45) is 11.8 Å². The maximum absolute atomic E-state index is 9.56. The monoisotopic (exact) mass is 185 g/mol. The van der Waals surface area contributed by atoms with Crippen LogP contribution >= 0.6 is 0 Å². The van der Waals surface area contributed by atoms with Crippen molar-refractivity contribution < 1.29 is 5.11 Å². The van der Waals surface area contributed by atoms with Crippen molar-refractivity contribution in [3.05, 3.63) is 0 Å². The molecule has 0 spiro atoms. The third kappa shape index (κ3) is 3.28. The first-order valence-corrected chi connectivity index (χ1v) is 5.54. The summed E-state index contributed by atoms with van der Waals surface area (Å²) in [6.07, 6.45) is 2.15. The fraction of sp³-hybridized carbons (Fsp3) is 1.00. The van der Waals surface area contributed by atoms with Crippen LogP contribution in [0.4, 0.5) is 0 Å². The molecule has 1 aliphatic heterocycles. The number of piperidine rings is 1. The van der Waals surface area contributed by atoms with Crippen molar-refractivity contribution in [2.75, 3.05) is 19.6 Å². The number of likely N-dealkylation sites (tertiary alicyclic amines) is 1.